The second kappa shape index (κ2) is 8.59. The second-order valence-corrected chi connectivity index (χ2v) is 8.06. The Labute approximate surface area is 142 Å². The monoisotopic (exact) mass is 324 g/mol. The van der Waals surface area contributed by atoms with Crippen molar-refractivity contribution in [3.63, 3.8) is 0 Å². The fourth-order valence-corrected chi connectivity index (χ4v) is 3.92. The summed E-state index contributed by atoms with van der Waals surface area (Å²) in [5.74, 6) is 0.510. The van der Waals surface area contributed by atoms with E-state index in [-0.39, 0.29) is 5.92 Å². The van der Waals surface area contributed by atoms with Gasteiger partial charge in [-0.15, -0.1) is 0 Å². The number of hydrogen-bond donors (Lipinski definition) is 0. The highest BCUT2D eigenvalue weighted by molar-refractivity contribution is 5.82. The van der Waals surface area contributed by atoms with Gasteiger partial charge < -0.3 is 4.74 Å². The van der Waals surface area contributed by atoms with E-state index in [0.29, 0.717) is 36.6 Å². The molecule has 4 heteroatoms. The van der Waals surface area contributed by atoms with Gasteiger partial charge in [-0.2, -0.15) is 0 Å². The number of nitrogens with zero attached hydrogens (tertiary/aromatic N) is 2. The van der Waals surface area contributed by atoms with Gasteiger partial charge in [0.1, 0.15) is 5.78 Å². The summed E-state index contributed by atoms with van der Waals surface area (Å²) in [6.45, 7) is 14.7. The Morgan fingerprint density at radius 3 is 2.17 bits per heavy atom. The standard InChI is InChI=1S/C19H36N2O2/c1-14(2)19(22)13-20-9-6-17(7-10-20)23-18-8-11-21(15(3)4)16(5)12-18/h14-18H,6-13H2,1-5H3/t16-,18+/m0/s1. The van der Waals surface area contributed by atoms with Gasteiger partial charge in [0.15, 0.2) is 0 Å². The zero-order valence-electron chi connectivity index (χ0n) is 15.8. The molecule has 0 aliphatic carbocycles. The van der Waals surface area contributed by atoms with Gasteiger partial charge in [-0.1, -0.05) is 13.8 Å². The van der Waals surface area contributed by atoms with Gasteiger partial charge >= 0.3 is 0 Å². The summed E-state index contributed by atoms with van der Waals surface area (Å²) in [5.41, 5.74) is 0. The molecule has 0 radical (unpaired) electrons. The average molecular weight is 325 g/mol. The van der Waals surface area contributed by atoms with Gasteiger partial charge in [0.05, 0.1) is 18.8 Å². The van der Waals surface area contributed by atoms with E-state index >= 15 is 0 Å². The molecule has 0 amide bonds. The van der Waals surface area contributed by atoms with E-state index in [0.717, 1.165) is 45.3 Å². The Morgan fingerprint density at radius 2 is 1.65 bits per heavy atom. The SMILES string of the molecule is CC(C)C(=O)CN1CCC(O[C@@H]2CCN(C(C)C)[C@@H](C)C2)CC1. The highest BCUT2D eigenvalue weighted by Gasteiger charge is 2.30. The minimum atomic E-state index is 0.150. The van der Waals surface area contributed by atoms with Crippen LogP contribution < -0.4 is 0 Å². The van der Waals surface area contributed by atoms with Crippen LogP contribution in [-0.4, -0.2) is 66.1 Å². The quantitative estimate of drug-likeness (QED) is 0.752. The zero-order valence-corrected chi connectivity index (χ0v) is 15.8. The first kappa shape index (κ1) is 18.9. The van der Waals surface area contributed by atoms with E-state index in [1.54, 1.807) is 0 Å². The number of rotatable bonds is 6. The van der Waals surface area contributed by atoms with E-state index < -0.39 is 0 Å². The number of likely N-dealkylation sites (tertiary alicyclic amines) is 2. The smallest absolute Gasteiger partial charge is 0.149 e. The van der Waals surface area contributed by atoms with Crippen LogP contribution in [-0.2, 0) is 9.53 Å². The van der Waals surface area contributed by atoms with Crippen molar-refractivity contribution in [1.29, 1.82) is 0 Å². The molecule has 2 heterocycles. The van der Waals surface area contributed by atoms with Crippen molar-refractivity contribution in [2.45, 2.75) is 84.6 Å². The third kappa shape index (κ3) is 5.54. The minimum absolute atomic E-state index is 0.150. The van der Waals surface area contributed by atoms with Crippen LogP contribution in [0.2, 0.25) is 0 Å². The summed E-state index contributed by atoms with van der Waals surface area (Å²) in [6.07, 6.45) is 5.28. The summed E-state index contributed by atoms with van der Waals surface area (Å²) < 4.78 is 6.39. The lowest BCUT2D eigenvalue weighted by Gasteiger charge is -2.42. The van der Waals surface area contributed by atoms with Gasteiger partial charge in [0, 0.05) is 37.6 Å². The van der Waals surface area contributed by atoms with Gasteiger partial charge in [0.2, 0.25) is 0 Å². The fraction of sp³-hybridized carbons (Fsp3) is 0.947. The maximum absolute atomic E-state index is 11.9. The maximum Gasteiger partial charge on any atom is 0.149 e. The molecule has 0 aromatic heterocycles. The van der Waals surface area contributed by atoms with Crippen molar-refractivity contribution in [2.75, 3.05) is 26.2 Å². The average Bonchev–Trinajstić information content (AvgIpc) is 2.48. The number of Topliss-reactive ketones (excluding diaryl/α,β-unsaturated/α-hetero) is 1. The molecule has 0 unspecified atom stereocenters. The van der Waals surface area contributed by atoms with Gasteiger partial charge in [-0.3, -0.25) is 14.6 Å². The topological polar surface area (TPSA) is 32.8 Å². The fourth-order valence-electron chi connectivity index (χ4n) is 3.92. The van der Waals surface area contributed by atoms with E-state index in [2.05, 4.69) is 30.6 Å². The summed E-state index contributed by atoms with van der Waals surface area (Å²) >= 11 is 0. The van der Waals surface area contributed by atoms with Gasteiger partial charge in [0.25, 0.3) is 0 Å². The molecule has 23 heavy (non-hydrogen) atoms. The number of ketones is 1. The third-order valence-electron chi connectivity index (χ3n) is 5.49. The molecular weight excluding hydrogens is 288 g/mol. The number of piperidine rings is 2. The third-order valence-corrected chi connectivity index (χ3v) is 5.49. The highest BCUT2D eigenvalue weighted by Crippen LogP contribution is 2.25. The van der Waals surface area contributed by atoms with Crippen molar-refractivity contribution in [1.82, 2.24) is 9.80 Å². The Morgan fingerprint density at radius 1 is 1.04 bits per heavy atom. The molecule has 134 valence electrons. The molecule has 0 spiro atoms. The van der Waals surface area contributed by atoms with E-state index in [9.17, 15) is 4.79 Å². The van der Waals surface area contributed by atoms with E-state index in [4.69, 9.17) is 4.74 Å². The molecule has 2 atom stereocenters. The molecule has 0 N–H and O–H groups in total. The molecule has 0 saturated carbocycles. The number of ether oxygens (including phenoxy) is 1. The predicted octanol–water partition coefficient (Wildman–Crippen LogP) is 2.95. The van der Waals surface area contributed by atoms with Crippen LogP contribution >= 0.6 is 0 Å². The van der Waals surface area contributed by atoms with E-state index in [1.807, 2.05) is 13.8 Å². The molecule has 2 saturated heterocycles. The lowest BCUT2D eigenvalue weighted by Crippen LogP contribution is -2.48. The van der Waals surface area contributed by atoms with Crippen molar-refractivity contribution in [2.24, 2.45) is 5.92 Å². The van der Waals surface area contributed by atoms with Crippen molar-refractivity contribution < 1.29 is 9.53 Å². The van der Waals surface area contributed by atoms with Gasteiger partial charge in [-0.05, 0) is 46.5 Å². The molecule has 2 aliphatic rings. The van der Waals surface area contributed by atoms with Crippen LogP contribution in [0.15, 0.2) is 0 Å². The first-order valence-electron chi connectivity index (χ1n) is 9.53. The summed E-state index contributed by atoms with van der Waals surface area (Å²) in [6, 6.07) is 1.25. The number of carbonyl (C=O) groups excluding carboxylic acids is 1. The van der Waals surface area contributed by atoms with Crippen molar-refractivity contribution >= 4 is 5.78 Å². The Kier molecular flexibility index (Phi) is 7.05. The highest BCUT2D eigenvalue weighted by atomic mass is 16.5. The lowest BCUT2D eigenvalue weighted by atomic mass is 9.98. The van der Waals surface area contributed by atoms with Crippen molar-refractivity contribution in [3.05, 3.63) is 0 Å². The molecule has 0 aromatic carbocycles. The molecule has 0 aromatic rings. The lowest BCUT2D eigenvalue weighted by molar-refractivity contribution is -0.124. The minimum Gasteiger partial charge on any atom is -0.375 e. The van der Waals surface area contributed by atoms with Crippen LogP contribution in [0.25, 0.3) is 0 Å². The predicted molar refractivity (Wildman–Crippen MR) is 94.7 cm³/mol. The van der Waals surface area contributed by atoms with Crippen LogP contribution in [0.4, 0.5) is 0 Å². The Hall–Kier alpha value is -0.450. The number of hydrogen-bond acceptors (Lipinski definition) is 4. The summed E-state index contributed by atoms with van der Waals surface area (Å²) in [7, 11) is 0. The summed E-state index contributed by atoms with van der Waals surface area (Å²) in [5, 5.41) is 0. The van der Waals surface area contributed by atoms with Crippen LogP contribution in [0.3, 0.4) is 0 Å². The van der Waals surface area contributed by atoms with Crippen LogP contribution in [0.5, 0.6) is 0 Å². The maximum atomic E-state index is 11.9. The van der Waals surface area contributed by atoms with Crippen molar-refractivity contribution in [3.8, 4) is 0 Å². The van der Waals surface area contributed by atoms with E-state index in [1.165, 1.54) is 0 Å². The molecule has 2 rings (SSSR count). The number of carbonyl (C=O) groups is 1. The zero-order chi connectivity index (χ0) is 17.0. The Bertz CT molecular complexity index is 376. The first-order chi connectivity index (χ1) is 10.9. The normalized spacial score (nSPS) is 28.7. The molecule has 2 aliphatic heterocycles. The molecular formula is C19H36N2O2. The first-order valence-corrected chi connectivity index (χ1v) is 9.53. The molecule has 4 nitrogen and oxygen atoms in total. The van der Waals surface area contributed by atoms with Crippen LogP contribution in [0.1, 0.15) is 60.3 Å². The summed E-state index contributed by atoms with van der Waals surface area (Å²) in [4.78, 5) is 16.7. The molecule has 0 bridgehead atoms. The molecule has 2 fully saturated rings. The van der Waals surface area contributed by atoms with Gasteiger partial charge in [-0.25, -0.2) is 0 Å². The second-order valence-electron chi connectivity index (χ2n) is 8.06. The Balaban J connectivity index is 1.70. The largest absolute Gasteiger partial charge is 0.375 e. The van der Waals surface area contributed by atoms with Crippen LogP contribution in [0, 0.1) is 5.92 Å².